The summed E-state index contributed by atoms with van der Waals surface area (Å²) in [7, 11) is 0. The van der Waals surface area contributed by atoms with Crippen LogP contribution in [0.1, 0.15) is 16.2 Å². The van der Waals surface area contributed by atoms with Crippen molar-refractivity contribution in [3.8, 4) is 5.69 Å². The van der Waals surface area contributed by atoms with Gasteiger partial charge in [0.2, 0.25) is 5.82 Å². The molecule has 1 N–H and O–H groups in total. The third-order valence-electron chi connectivity index (χ3n) is 2.89. The Labute approximate surface area is 121 Å². The minimum atomic E-state index is -0.312. The molecule has 3 aromatic rings. The SMILES string of the molecule is O=C(NCc1cccnc1)c1ncn(-c2ccccc2)n1. The highest BCUT2D eigenvalue weighted by atomic mass is 16.2. The van der Waals surface area contributed by atoms with Crippen molar-refractivity contribution in [3.63, 3.8) is 0 Å². The number of rotatable bonds is 4. The average Bonchev–Trinajstić information content (AvgIpc) is 3.04. The summed E-state index contributed by atoms with van der Waals surface area (Å²) in [5.74, 6) is -0.170. The summed E-state index contributed by atoms with van der Waals surface area (Å²) in [4.78, 5) is 20.0. The predicted octanol–water partition coefficient (Wildman–Crippen LogP) is 1.59. The fourth-order valence-electron chi connectivity index (χ4n) is 1.84. The van der Waals surface area contributed by atoms with E-state index in [1.165, 1.54) is 6.33 Å². The molecule has 21 heavy (non-hydrogen) atoms. The van der Waals surface area contributed by atoms with Gasteiger partial charge in [-0.1, -0.05) is 24.3 Å². The Bertz CT molecular complexity index is 724. The number of pyridine rings is 1. The van der Waals surface area contributed by atoms with Crippen LogP contribution in [0.25, 0.3) is 5.69 Å². The Balaban J connectivity index is 1.67. The number of nitrogens with zero attached hydrogens (tertiary/aromatic N) is 4. The lowest BCUT2D eigenvalue weighted by Crippen LogP contribution is -2.24. The topological polar surface area (TPSA) is 72.7 Å². The van der Waals surface area contributed by atoms with Crippen LogP contribution < -0.4 is 5.32 Å². The molecular weight excluding hydrogens is 266 g/mol. The maximum Gasteiger partial charge on any atom is 0.291 e. The molecule has 0 radical (unpaired) electrons. The van der Waals surface area contributed by atoms with Crippen molar-refractivity contribution in [2.45, 2.75) is 6.54 Å². The third-order valence-corrected chi connectivity index (χ3v) is 2.89. The van der Waals surface area contributed by atoms with Crippen molar-refractivity contribution in [1.82, 2.24) is 25.1 Å². The van der Waals surface area contributed by atoms with E-state index >= 15 is 0 Å². The molecule has 0 bridgehead atoms. The summed E-state index contributed by atoms with van der Waals surface area (Å²) in [6.45, 7) is 0.395. The first kappa shape index (κ1) is 13.0. The number of carbonyl (C=O) groups excluding carboxylic acids is 1. The minimum absolute atomic E-state index is 0.141. The number of carbonyl (C=O) groups is 1. The Hall–Kier alpha value is -3.02. The van der Waals surface area contributed by atoms with E-state index in [1.807, 2.05) is 42.5 Å². The molecular formula is C15H13N5O. The molecule has 0 spiro atoms. The van der Waals surface area contributed by atoms with E-state index < -0.39 is 0 Å². The first-order valence-corrected chi connectivity index (χ1v) is 6.47. The van der Waals surface area contributed by atoms with Gasteiger partial charge in [-0.3, -0.25) is 9.78 Å². The van der Waals surface area contributed by atoms with Crippen molar-refractivity contribution in [1.29, 1.82) is 0 Å². The normalized spacial score (nSPS) is 10.3. The number of nitrogens with one attached hydrogen (secondary N) is 1. The highest BCUT2D eigenvalue weighted by Crippen LogP contribution is 2.04. The molecule has 0 aliphatic carbocycles. The molecule has 2 heterocycles. The Kier molecular flexibility index (Phi) is 3.68. The molecule has 6 nitrogen and oxygen atoms in total. The summed E-state index contributed by atoms with van der Waals surface area (Å²) >= 11 is 0. The zero-order valence-corrected chi connectivity index (χ0v) is 11.2. The molecule has 3 rings (SSSR count). The number of aromatic nitrogens is 4. The van der Waals surface area contributed by atoms with Crippen LogP contribution in [0.3, 0.4) is 0 Å². The maximum absolute atomic E-state index is 12.0. The maximum atomic E-state index is 12.0. The molecule has 104 valence electrons. The van der Waals surface area contributed by atoms with E-state index in [2.05, 4.69) is 20.4 Å². The second-order valence-electron chi connectivity index (χ2n) is 4.39. The number of hydrogen-bond donors (Lipinski definition) is 1. The van der Waals surface area contributed by atoms with Gasteiger partial charge < -0.3 is 5.32 Å². The average molecular weight is 279 g/mol. The summed E-state index contributed by atoms with van der Waals surface area (Å²) in [5.41, 5.74) is 1.78. The standard InChI is InChI=1S/C15H13N5O/c21-15(17-10-12-5-4-8-16-9-12)14-18-11-20(19-14)13-6-2-1-3-7-13/h1-9,11H,10H2,(H,17,21). The van der Waals surface area contributed by atoms with E-state index in [0.717, 1.165) is 11.3 Å². The lowest BCUT2D eigenvalue weighted by molar-refractivity contribution is 0.0940. The van der Waals surface area contributed by atoms with Crippen molar-refractivity contribution in [2.75, 3.05) is 0 Å². The second kappa shape index (κ2) is 5.96. The molecule has 0 aliphatic rings. The van der Waals surface area contributed by atoms with Crippen molar-refractivity contribution < 1.29 is 4.79 Å². The van der Waals surface area contributed by atoms with Gasteiger partial charge in [0.1, 0.15) is 6.33 Å². The quantitative estimate of drug-likeness (QED) is 0.787. The molecule has 0 aliphatic heterocycles. The largest absolute Gasteiger partial charge is 0.345 e. The zero-order chi connectivity index (χ0) is 14.5. The number of hydrogen-bond acceptors (Lipinski definition) is 4. The Morgan fingerprint density at radius 2 is 2.00 bits per heavy atom. The Morgan fingerprint density at radius 3 is 2.76 bits per heavy atom. The van der Waals surface area contributed by atoms with Gasteiger partial charge >= 0.3 is 0 Å². The van der Waals surface area contributed by atoms with Gasteiger partial charge in [-0.2, -0.15) is 0 Å². The molecule has 0 fully saturated rings. The molecule has 0 atom stereocenters. The molecule has 0 saturated carbocycles. The fourth-order valence-corrected chi connectivity index (χ4v) is 1.84. The predicted molar refractivity (Wildman–Crippen MR) is 76.8 cm³/mol. The van der Waals surface area contributed by atoms with Gasteiger partial charge in [0.05, 0.1) is 5.69 Å². The van der Waals surface area contributed by atoms with Crippen LogP contribution in [0.4, 0.5) is 0 Å². The van der Waals surface area contributed by atoms with Crippen molar-refractivity contribution in [3.05, 3.63) is 72.6 Å². The first-order valence-electron chi connectivity index (χ1n) is 6.47. The number of benzene rings is 1. The van der Waals surface area contributed by atoms with Crippen molar-refractivity contribution >= 4 is 5.91 Å². The van der Waals surface area contributed by atoms with Gasteiger partial charge in [0.25, 0.3) is 5.91 Å². The Morgan fingerprint density at radius 1 is 1.14 bits per heavy atom. The van der Waals surface area contributed by atoms with Gasteiger partial charge in [0.15, 0.2) is 0 Å². The van der Waals surface area contributed by atoms with E-state index in [4.69, 9.17) is 0 Å². The molecule has 6 heteroatoms. The monoisotopic (exact) mass is 279 g/mol. The highest BCUT2D eigenvalue weighted by molar-refractivity contribution is 5.90. The third kappa shape index (κ3) is 3.11. The second-order valence-corrected chi connectivity index (χ2v) is 4.39. The molecule has 0 saturated heterocycles. The summed E-state index contributed by atoms with van der Waals surface area (Å²) < 4.78 is 1.57. The summed E-state index contributed by atoms with van der Waals surface area (Å²) in [6, 6.07) is 13.2. The highest BCUT2D eigenvalue weighted by Gasteiger charge is 2.11. The molecule has 2 aromatic heterocycles. The van der Waals surface area contributed by atoms with Gasteiger partial charge in [-0.05, 0) is 23.8 Å². The zero-order valence-electron chi connectivity index (χ0n) is 11.2. The van der Waals surface area contributed by atoms with Crippen LogP contribution >= 0.6 is 0 Å². The van der Waals surface area contributed by atoms with Crippen LogP contribution in [0, 0.1) is 0 Å². The summed E-state index contributed by atoms with van der Waals surface area (Å²) in [6.07, 6.45) is 4.92. The lowest BCUT2D eigenvalue weighted by Gasteiger charge is -2.02. The summed E-state index contributed by atoms with van der Waals surface area (Å²) in [5, 5.41) is 6.93. The van der Waals surface area contributed by atoms with E-state index in [0.29, 0.717) is 6.54 Å². The lowest BCUT2D eigenvalue weighted by atomic mass is 10.3. The fraction of sp³-hybridized carbons (Fsp3) is 0.0667. The number of para-hydroxylation sites is 1. The van der Waals surface area contributed by atoms with E-state index in [9.17, 15) is 4.79 Å². The van der Waals surface area contributed by atoms with Crippen molar-refractivity contribution in [2.24, 2.45) is 0 Å². The van der Waals surface area contributed by atoms with Gasteiger partial charge in [-0.25, -0.2) is 9.67 Å². The van der Waals surface area contributed by atoms with E-state index in [-0.39, 0.29) is 11.7 Å². The molecule has 1 amide bonds. The van der Waals surface area contributed by atoms with E-state index in [1.54, 1.807) is 17.1 Å². The van der Waals surface area contributed by atoms with Crippen LogP contribution in [0.15, 0.2) is 61.2 Å². The van der Waals surface area contributed by atoms with Crippen LogP contribution in [0.2, 0.25) is 0 Å². The van der Waals surface area contributed by atoms with Crippen LogP contribution in [-0.2, 0) is 6.54 Å². The molecule has 0 unspecified atom stereocenters. The first-order chi connectivity index (χ1) is 10.3. The van der Waals surface area contributed by atoms with Crippen LogP contribution in [0.5, 0.6) is 0 Å². The van der Waals surface area contributed by atoms with Gasteiger partial charge in [0, 0.05) is 18.9 Å². The van der Waals surface area contributed by atoms with Crippen LogP contribution in [-0.4, -0.2) is 25.7 Å². The van der Waals surface area contributed by atoms with Gasteiger partial charge in [-0.15, -0.1) is 5.10 Å². The smallest absolute Gasteiger partial charge is 0.291 e. The number of amides is 1. The minimum Gasteiger partial charge on any atom is -0.345 e. The molecule has 1 aromatic carbocycles.